The number of amides is 2. The number of hydrogen-bond acceptors (Lipinski definition) is 2. The Balaban J connectivity index is 1.88. The first-order valence-corrected chi connectivity index (χ1v) is 7.31. The van der Waals surface area contributed by atoms with Crippen LogP contribution in [0, 0.1) is 0 Å². The molecule has 0 unspecified atom stereocenters. The summed E-state index contributed by atoms with van der Waals surface area (Å²) in [5.74, 6) is -0.690. The molecule has 2 amide bonds. The maximum Gasteiger partial charge on any atom is 0.253 e. The zero-order chi connectivity index (χ0) is 15.2. The SMILES string of the molecule is O=C(CNC(=O)c1ccccc1Cl)Nc1ccc(Br)cc1. The molecule has 2 aromatic carbocycles. The van der Waals surface area contributed by atoms with Crippen molar-refractivity contribution in [2.75, 3.05) is 11.9 Å². The Labute approximate surface area is 135 Å². The van der Waals surface area contributed by atoms with E-state index in [4.69, 9.17) is 11.6 Å². The normalized spacial score (nSPS) is 10.0. The van der Waals surface area contributed by atoms with Crippen LogP contribution in [0.5, 0.6) is 0 Å². The van der Waals surface area contributed by atoms with E-state index in [2.05, 4.69) is 26.6 Å². The smallest absolute Gasteiger partial charge is 0.253 e. The standard InChI is InChI=1S/C15H12BrClN2O2/c16-10-5-7-11(8-6-10)19-14(20)9-18-15(21)12-3-1-2-4-13(12)17/h1-8H,9H2,(H,18,21)(H,19,20). The zero-order valence-corrected chi connectivity index (χ0v) is 13.2. The Morgan fingerprint density at radius 2 is 1.71 bits per heavy atom. The van der Waals surface area contributed by atoms with Gasteiger partial charge in [-0.3, -0.25) is 9.59 Å². The summed E-state index contributed by atoms with van der Waals surface area (Å²) >= 11 is 9.23. The summed E-state index contributed by atoms with van der Waals surface area (Å²) in [6.45, 7) is -0.125. The first-order chi connectivity index (χ1) is 10.1. The van der Waals surface area contributed by atoms with Crippen LogP contribution in [0.25, 0.3) is 0 Å². The monoisotopic (exact) mass is 366 g/mol. The van der Waals surface area contributed by atoms with Gasteiger partial charge in [-0.15, -0.1) is 0 Å². The van der Waals surface area contributed by atoms with E-state index in [1.54, 1.807) is 36.4 Å². The predicted octanol–water partition coefficient (Wildman–Crippen LogP) is 3.47. The number of halogens is 2. The van der Waals surface area contributed by atoms with Gasteiger partial charge in [-0.1, -0.05) is 39.7 Å². The van der Waals surface area contributed by atoms with Gasteiger partial charge in [-0.05, 0) is 36.4 Å². The molecule has 0 fully saturated rings. The topological polar surface area (TPSA) is 58.2 Å². The van der Waals surface area contributed by atoms with Crippen molar-refractivity contribution in [3.63, 3.8) is 0 Å². The molecule has 0 spiro atoms. The second kappa shape index (κ2) is 7.24. The van der Waals surface area contributed by atoms with Gasteiger partial charge in [0.1, 0.15) is 0 Å². The molecular formula is C15H12BrClN2O2. The molecule has 0 aliphatic heterocycles. The van der Waals surface area contributed by atoms with Gasteiger partial charge in [0, 0.05) is 10.2 Å². The van der Waals surface area contributed by atoms with Crippen molar-refractivity contribution < 1.29 is 9.59 Å². The van der Waals surface area contributed by atoms with Gasteiger partial charge < -0.3 is 10.6 Å². The highest BCUT2D eigenvalue weighted by atomic mass is 79.9. The molecule has 4 nitrogen and oxygen atoms in total. The van der Waals surface area contributed by atoms with Crippen LogP contribution in [0.1, 0.15) is 10.4 Å². The summed E-state index contributed by atoms with van der Waals surface area (Å²) in [6, 6.07) is 13.8. The second-order valence-corrected chi connectivity index (χ2v) is 5.54. The summed E-state index contributed by atoms with van der Waals surface area (Å²) in [4.78, 5) is 23.6. The molecule has 0 atom stereocenters. The summed E-state index contributed by atoms with van der Waals surface area (Å²) < 4.78 is 0.924. The van der Waals surface area contributed by atoms with Crippen molar-refractivity contribution in [2.24, 2.45) is 0 Å². The van der Waals surface area contributed by atoms with Gasteiger partial charge in [0.2, 0.25) is 5.91 Å². The Bertz CT molecular complexity index is 659. The van der Waals surface area contributed by atoms with Crippen LogP contribution < -0.4 is 10.6 Å². The average Bonchev–Trinajstić information content (AvgIpc) is 2.48. The second-order valence-electron chi connectivity index (χ2n) is 4.22. The first-order valence-electron chi connectivity index (χ1n) is 6.14. The highest BCUT2D eigenvalue weighted by Crippen LogP contribution is 2.15. The van der Waals surface area contributed by atoms with Crippen molar-refractivity contribution in [2.45, 2.75) is 0 Å². The molecule has 108 valence electrons. The molecule has 2 N–H and O–H groups in total. The predicted molar refractivity (Wildman–Crippen MR) is 86.6 cm³/mol. The molecule has 0 aromatic heterocycles. The minimum absolute atomic E-state index is 0.125. The van der Waals surface area contributed by atoms with Gasteiger partial charge in [0.25, 0.3) is 5.91 Å². The number of rotatable bonds is 4. The average molecular weight is 368 g/mol. The Hall–Kier alpha value is -1.85. The van der Waals surface area contributed by atoms with Crippen molar-refractivity contribution >= 4 is 45.0 Å². The van der Waals surface area contributed by atoms with Gasteiger partial charge in [-0.2, -0.15) is 0 Å². The number of nitrogens with one attached hydrogen (secondary N) is 2. The molecule has 0 heterocycles. The van der Waals surface area contributed by atoms with Crippen LogP contribution in [0.2, 0.25) is 5.02 Å². The lowest BCUT2D eigenvalue weighted by molar-refractivity contribution is -0.115. The number of anilines is 1. The molecular weight excluding hydrogens is 356 g/mol. The largest absolute Gasteiger partial charge is 0.343 e. The van der Waals surface area contributed by atoms with Crippen LogP contribution >= 0.6 is 27.5 Å². The lowest BCUT2D eigenvalue weighted by Gasteiger charge is -2.08. The fourth-order valence-corrected chi connectivity index (χ4v) is 2.13. The van der Waals surface area contributed by atoms with Crippen LogP contribution in [0.3, 0.4) is 0 Å². The van der Waals surface area contributed by atoms with Crippen LogP contribution in [-0.4, -0.2) is 18.4 Å². The van der Waals surface area contributed by atoms with E-state index in [0.717, 1.165) is 4.47 Å². The van der Waals surface area contributed by atoms with Gasteiger partial charge in [0.15, 0.2) is 0 Å². The van der Waals surface area contributed by atoms with Gasteiger partial charge >= 0.3 is 0 Å². The molecule has 0 radical (unpaired) electrons. The third kappa shape index (κ3) is 4.58. The minimum Gasteiger partial charge on any atom is -0.343 e. The zero-order valence-electron chi connectivity index (χ0n) is 10.9. The first kappa shape index (κ1) is 15.5. The number of carbonyl (C=O) groups excluding carboxylic acids is 2. The molecule has 0 aliphatic carbocycles. The van der Waals surface area contributed by atoms with E-state index in [-0.39, 0.29) is 18.4 Å². The van der Waals surface area contributed by atoms with E-state index in [0.29, 0.717) is 16.3 Å². The number of carbonyl (C=O) groups is 2. The van der Waals surface area contributed by atoms with E-state index in [1.807, 2.05) is 12.1 Å². The third-order valence-electron chi connectivity index (χ3n) is 2.66. The molecule has 2 aromatic rings. The number of hydrogen-bond donors (Lipinski definition) is 2. The minimum atomic E-state index is -0.383. The molecule has 2 rings (SSSR count). The highest BCUT2D eigenvalue weighted by Gasteiger charge is 2.10. The van der Waals surface area contributed by atoms with E-state index < -0.39 is 0 Å². The van der Waals surface area contributed by atoms with Crippen molar-refractivity contribution in [1.29, 1.82) is 0 Å². The molecule has 21 heavy (non-hydrogen) atoms. The Morgan fingerprint density at radius 3 is 2.38 bits per heavy atom. The van der Waals surface area contributed by atoms with Crippen molar-refractivity contribution in [1.82, 2.24) is 5.32 Å². The molecule has 0 aliphatic rings. The summed E-state index contributed by atoms with van der Waals surface area (Å²) in [5.41, 5.74) is 1.01. The molecule has 6 heteroatoms. The van der Waals surface area contributed by atoms with Crippen LogP contribution in [0.15, 0.2) is 53.0 Å². The van der Waals surface area contributed by atoms with Gasteiger partial charge in [-0.25, -0.2) is 0 Å². The third-order valence-corrected chi connectivity index (χ3v) is 3.51. The molecule has 0 saturated heterocycles. The van der Waals surface area contributed by atoms with Crippen molar-refractivity contribution in [3.05, 3.63) is 63.6 Å². The summed E-state index contributed by atoms with van der Waals surface area (Å²) in [6.07, 6.45) is 0. The van der Waals surface area contributed by atoms with Crippen molar-refractivity contribution in [3.8, 4) is 0 Å². The summed E-state index contributed by atoms with van der Waals surface area (Å²) in [7, 11) is 0. The Kier molecular flexibility index (Phi) is 5.36. The van der Waals surface area contributed by atoms with E-state index in [1.165, 1.54) is 0 Å². The fraction of sp³-hybridized carbons (Fsp3) is 0.0667. The maximum absolute atomic E-state index is 11.9. The van der Waals surface area contributed by atoms with Crippen LogP contribution in [0.4, 0.5) is 5.69 Å². The van der Waals surface area contributed by atoms with E-state index in [9.17, 15) is 9.59 Å². The maximum atomic E-state index is 11.9. The van der Waals surface area contributed by atoms with Gasteiger partial charge in [0.05, 0.1) is 17.1 Å². The Morgan fingerprint density at radius 1 is 1.05 bits per heavy atom. The molecule has 0 saturated carbocycles. The highest BCUT2D eigenvalue weighted by molar-refractivity contribution is 9.10. The van der Waals surface area contributed by atoms with E-state index >= 15 is 0 Å². The fourth-order valence-electron chi connectivity index (χ4n) is 1.64. The quantitative estimate of drug-likeness (QED) is 0.869. The lowest BCUT2D eigenvalue weighted by atomic mass is 10.2. The lowest BCUT2D eigenvalue weighted by Crippen LogP contribution is -2.32. The van der Waals surface area contributed by atoms with Crippen LogP contribution in [-0.2, 0) is 4.79 Å². The summed E-state index contributed by atoms with van der Waals surface area (Å²) in [5, 5.41) is 5.56. The molecule has 0 bridgehead atoms. The number of benzene rings is 2.